The lowest BCUT2D eigenvalue weighted by Gasteiger charge is -1.90. The van der Waals surface area contributed by atoms with Gasteiger partial charge in [-0.2, -0.15) is 4.89 Å². The topological polar surface area (TPSA) is 47.9 Å². The van der Waals surface area contributed by atoms with E-state index in [1.807, 2.05) is 0 Å². The van der Waals surface area contributed by atoms with E-state index < -0.39 is 0 Å². The average Bonchev–Trinajstić information content (AvgIpc) is 1.61. The molecule has 0 aliphatic rings. The maximum atomic E-state index is 7.40. The van der Waals surface area contributed by atoms with Gasteiger partial charge in [0.05, 0.1) is 0 Å². The Kier molecular flexibility index (Phi) is 4.71. The fourth-order valence-corrected chi connectivity index (χ4v) is 0.0696. The van der Waals surface area contributed by atoms with Crippen molar-refractivity contribution in [3.05, 3.63) is 0 Å². The molecular weight excluding hydrogens is 88.0 g/mol. The van der Waals surface area contributed by atoms with Crippen LogP contribution >= 0.6 is 0 Å². The molecule has 0 rings (SSSR count). The molecule has 0 heterocycles. The van der Waals surface area contributed by atoms with Crippen LogP contribution in [0.1, 0.15) is 0 Å². The van der Waals surface area contributed by atoms with Crippen LogP contribution in [0.3, 0.4) is 0 Å². The summed E-state index contributed by atoms with van der Waals surface area (Å²) in [7, 11) is 1.42. The Labute approximate surface area is 35.1 Å². The highest BCUT2D eigenvalue weighted by atomic mass is 17.5. The summed E-state index contributed by atoms with van der Waals surface area (Å²) in [6.45, 7) is -0.0590. The average molecular weight is 94.1 g/mol. The van der Waals surface area contributed by atoms with Crippen LogP contribution in [0.5, 0.6) is 0 Å². The highest BCUT2D eigenvalue weighted by Crippen LogP contribution is 1.68. The van der Waals surface area contributed by atoms with Crippen molar-refractivity contribution in [2.75, 3.05) is 13.9 Å². The molecule has 38 valence electrons. The van der Waals surface area contributed by atoms with Crippen molar-refractivity contribution in [3.8, 4) is 0 Å². The van der Waals surface area contributed by atoms with Gasteiger partial charge in [-0.05, 0) is 0 Å². The van der Waals surface area contributed by atoms with E-state index in [0.717, 1.165) is 0 Å². The van der Waals surface area contributed by atoms with E-state index in [0.29, 0.717) is 0 Å². The Balaban J connectivity index is 2.34. The van der Waals surface area contributed by atoms with E-state index >= 15 is 0 Å². The lowest BCUT2D eigenvalue weighted by molar-refractivity contribution is -0.506. The number of rotatable bonds is 3. The second-order valence-electron chi connectivity index (χ2n) is 0.599. The first-order chi connectivity index (χ1) is 2.91. The molecule has 0 aromatic carbocycles. The van der Waals surface area contributed by atoms with E-state index in [9.17, 15) is 0 Å². The molecule has 0 unspecified atom stereocenters. The smallest absolute Gasteiger partial charge is 0.183 e. The van der Waals surface area contributed by atoms with Crippen LogP contribution in [0, 0.1) is 0 Å². The van der Waals surface area contributed by atoms with Crippen molar-refractivity contribution in [2.45, 2.75) is 0 Å². The molecule has 0 aliphatic heterocycles. The van der Waals surface area contributed by atoms with Crippen LogP contribution in [-0.4, -0.2) is 19.2 Å². The molecular formula is C2H6O4. The zero-order valence-corrected chi connectivity index (χ0v) is 3.38. The van der Waals surface area contributed by atoms with Gasteiger partial charge in [0.2, 0.25) is 0 Å². The molecule has 0 atom stereocenters. The Hall–Kier alpha value is -0.160. The van der Waals surface area contributed by atoms with Gasteiger partial charge in [0.1, 0.15) is 0 Å². The van der Waals surface area contributed by atoms with Gasteiger partial charge in [0.15, 0.2) is 6.79 Å². The van der Waals surface area contributed by atoms with E-state index in [1.54, 1.807) is 0 Å². The molecule has 1 N–H and O–H groups in total. The monoisotopic (exact) mass is 94.0 g/mol. The maximum Gasteiger partial charge on any atom is 0.183 e. The molecule has 0 fully saturated rings. The zero-order chi connectivity index (χ0) is 4.83. The summed E-state index contributed by atoms with van der Waals surface area (Å²) in [6.07, 6.45) is 0. The summed E-state index contributed by atoms with van der Waals surface area (Å²) in [5, 5.41) is 10.6. The van der Waals surface area contributed by atoms with Crippen LogP contribution in [0.2, 0.25) is 0 Å². The molecule has 0 saturated heterocycles. The van der Waals surface area contributed by atoms with Crippen molar-refractivity contribution < 1.29 is 19.9 Å². The van der Waals surface area contributed by atoms with Crippen LogP contribution in [0.4, 0.5) is 0 Å². The summed E-state index contributed by atoms with van der Waals surface area (Å²) in [4.78, 5) is 3.82. The standard InChI is InChI=1S/C2H6O4/c1-4-2-5-6-3/h3H,2H2,1H3. The maximum absolute atomic E-state index is 7.40. The minimum Gasteiger partial charge on any atom is -0.355 e. The van der Waals surface area contributed by atoms with E-state index in [1.165, 1.54) is 7.11 Å². The summed E-state index contributed by atoms with van der Waals surface area (Å²) in [6, 6.07) is 0. The largest absolute Gasteiger partial charge is 0.355 e. The van der Waals surface area contributed by atoms with E-state index in [2.05, 4.69) is 14.7 Å². The summed E-state index contributed by atoms with van der Waals surface area (Å²) < 4.78 is 4.28. The van der Waals surface area contributed by atoms with Gasteiger partial charge in [0, 0.05) is 7.11 Å². The molecule has 0 bridgehead atoms. The van der Waals surface area contributed by atoms with Gasteiger partial charge < -0.3 is 4.74 Å². The fraction of sp³-hybridized carbons (Fsp3) is 1.00. The molecule has 0 aliphatic carbocycles. The second kappa shape index (κ2) is 4.84. The highest BCUT2D eigenvalue weighted by Gasteiger charge is 1.73. The molecule has 0 radical (unpaired) electrons. The fourth-order valence-electron chi connectivity index (χ4n) is 0.0696. The van der Waals surface area contributed by atoms with E-state index in [-0.39, 0.29) is 6.79 Å². The molecule has 0 aromatic heterocycles. The van der Waals surface area contributed by atoms with Crippen LogP contribution in [-0.2, 0) is 14.7 Å². The second-order valence-corrected chi connectivity index (χ2v) is 0.599. The molecule has 0 spiro atoms. The van der Waals surface area contributed by atoms with Gasteiger partial charge in [-0.1, -0.05) is 5.04 Å². The third kappa shape index (κ3) is 3.84. The van der Waals surface area contributed by atoms with Gasteiger partial charge in [-0.15, -0.1) is 0 Å². The SMILES string of the molecule is COCOOO. The number of ether oxygens (including phenoxy) is 1. The van der Waals surface area contributed by atoms with Gasteiger partial charge in [-0.25, -0.2) is 5.26 Å². The Bertz CT molecular complexity index is 17.5. The molecule has 0 saturated carbocycles. The van der Waals surface area contributed by atoms with Crippen molar-refractivity contribution in [1.82, 2.24) is 0 Å². The third-order valence-corrected chi connectivity index (χ3v) is 0.219. The highest BCUT2D eigenvalue weighted by molar-refractivity contribution is 3.78. The number of hydrogen-bond donors (Lipinski definition) is 1. The van der Waals surface area contributed by atoms with Crippen LogP contribution in [0.15, 0.2) is 0 Å². The third-order valence-electron chi connectivity index (χ3n) is 0.219. The lowest BCUT2D eigenvalue weighted by atomic mass is 11.4. The first-order valence-electron chi connectivity index (χ1n) is 1.33. The molecule has 0 aromatic rings. The zero-order valence-electron chi connectivity index (χ0n) is 3.38. The first-order valence-corrected chi connectivity index (χ1v) is 1.33. The predicted molar refractivity (Wildman–Crippen MR) is 16.7 cm³/mol. The molecule has 4 nitrogen and oxygen atoms in total. The number of hydrogen-bond acceptors (Lipinski definition) is 4. The quantitative estimate of drug-likeness (QED) is 0.231. The Morgan fingerprint density at radius 3 is 2.50 bits per heavy atom. The van der Waals surface area contributed by atoms with Gasteiger partial charge in [0.25, 0.3) is 0 Å². The van der Waals surface area contributed by atoms with Crippen molar-refractivity contribution in [1.29, 1.82) is 0 Å². The van der Waals surface area contributed by atoms with Crippen molar-refractivity contribution in [3.63, 3.8) is 0 Å². The summed E-state index contributed by atoms with van der Waals surface area (Å²) >= 11 is 0. The van der Waals surface area contributed by atoms with Gasteiger partial charge in [-0.3, -0.25) is 0 Å². The van der Waals surface area contributed by atoms with Crippen molar-refractivity contribution >= 4 is 0 Å². The molecule has 0 amide bonds. The molecule has 6 heavy (non-hydrogen) atoms. The minimum atomic E-state index is -0.0590. The molecule has 4 heteroatoms. The predicted octanol–water partition coefficient (Wildman–Crippen LogP) is 0.0115. The number of methoxy groups -OCH3 is 1. The Morgan fingerprint density at radius 2 is 2.33 bits per heavy atom. The van der Waals surface area contributed by atoms with Crippen LogP contribution in [0.25, 0.3) is 0 Å². The van der Waals surface area contributed by atoms with Crippen molar-refractivity contribution in [2.24, 2.45) is 0 Å². The summed E-state index contributed by atoms with van der Waals surface area (Å²) in [5.74, 6) is 0. The normalized spacial score (nSPS) is 9.00. The minimum absolute atomic E-state index is 0.0590. The summed E-state index contributed by atoms with van der Waals surface area (Å²) in [5.41, 5.74) is 0. The first kappa shape index (κ1) is 5.84. The van der Waals surface area contributed by atoms with Gasteiger partial charge >= 0.3 is 0 Å². The van der Waals surface area contributed by atoms with E-state index in [4.69, 9.17) is 5.26 Å². The van der Waals surface area contributed by atoms with Crippen LogP contribution < -0.4 is 0 Å². The lowest BCUT2D eigenvalue weighted by Crippen LogP contribution is -1.93. The Morgan fingerprint density at radius 1 is 1.67 bits per heavy atom.